The van der Waals surface area contributed by atoms with E-state index in [0.29, 0.717) is 98.7 Å². The number of rotatable bonds is 9. The van der Waals surface area contributed by atoms with Crippen LogP contribution in [0.1, 0.15) is 113 Å². The van der Waals surface area contributed by atoms with Crippen molar-refractivity contribution in [3.8, 4) is 35.4 Å². The second-order valence-electron chi connectivity index (χ2n) is 22.8. The van der Waals surface area contributed by atoms with Gasteiger partial charge in [0, 0.05) is 81.3 Å². The number of carbonyl (C=O) groups is 3. The number of imide groups is 1. The quantitative estimate of drug-likeness (QED) is 0.0990. The van der Waals surface area contributed by atoms with Gasteiger partial charge in [0.25, 0.3) is 0 Å². The maximum atomic E-state index is 17.1. The molecule has 6 aliphatic rings. The van der Waals surface area contributed by atoms with Gasteiger partial charge in [0.2, 0.25) is 17.7 Å². The van der Waals surface area contributed by atoms with Gasteiger partial charge >= 0.3 is 6.01 Å². The fourth-order valence-corrected chi connectivity index (χ4v) is 13.5. The molecule has 396 valence electrons. The molecule has 0 bridgehead atoms. The van der Waals surface area contributed by atoms with E-state index in [1.807, 2.05) is 21.5 Å². The number of terminal acetylenes is 1. The van der Waals surface area contributed by atoms with Crippen molar-refractivity contribution in [2.24, 2.45) is 12.5 Å². The highest BCUT2D eigenvalue weighted by atomic mass is 19.1. The number of benzene rings is 3. The Bertz CT molecular complexity index is 3340. The summed E-state index contributed by atoms with van der Waals surface area (Å²) in [6, 6.07) is 12.6. The van der Waals surface area contributed by atoms with Gasteiger partial charge in [-0.05, 0) is 137 Å². The number of aromatic nitrogens is 5. The molecular formula is C58H64F2N10O6. The minimum atomic E-state index is -1.00. The van der Waals surface area contributed by atoms with Crippen LogP contribution in [0.3, 0.4) is 0 Å². The molecule has 0 radical (unpaired) electrons. The van der Waals surface area contributed by atoms with Crippen molar-refractivity contribution >= 4 is 56.1 Å². The van der Waals surface area contributed by atoms with Gasteiger partial charge in [0.1, 0.15) is 34.7 Å². The number of halogens is 2. The molecule has 3 N–H and O–H groups in total. The smallest absolute Gasteiger partial charge is 0.319 e. The monoisotopic (exact) mass is 1030 g/mol. The fourth-order valence-electron chi connectivity index (χ4n) is 13.5. The second-order valence-corrected chi connectivity index (χ2v) is 22.8. The van der Waals surface area contributed by atoms with Crippen LogP contribution in [-0.2, 0) is 21.4 Å². The van der Waals surface area contributed by atoms with Crippen LogP contribution in [0.2, 0.25) is 0 Å². The third-order valence-corrected chi connectivity index (χ3v) is 17.7. The first-order valence-electron chi connectivity index (χ1n) is 27.1. The summed E-state index contributed by atoms with van der Waals surface area (Å²) in [6.07, 6.45) is 16.8. The van der Waals surface area contributed by atoms with Gasteiger partial charge in [0.15, 0.2) is 5.82 Å². The number of likely N-dealkylation sites (tertiary alicyclic amines) is 3. The molecule has 16 nitrogen and oxygen atoms in total. The van der Waals surface area contributed by atoms with E-state index in [2.05, 4.69) is 49.2 Å². The predicted octanol–water partition coefficient (Wildman–Crippen LogP) is 7.06. The summed E-state index contributed by atoms with van der Waals surface area (Å²) < 4.78 is 40.5. The lowest BCUT2D eigenvalue weighted by Gasteiger charge is -2.56. The second kappa shape index (κ2) is 19.6. The summed E-state index contributed by atoms with van der Waals surface area (Å²) >= 11 is 0. The van der Waals surface area contributed by atoms with Gasteiger partial charge < -0.3 is 29.6 Å². The summed E-state index contributed by atoms with van der Waals surface area (Å²) in [4.78, 5) is 60.9. The number of aryl methyl sites for hydroxylation is 1. The zero-order valence-electron chi connectivity index (χ0n) is 43.2. The number of fused-ring (bicyclic) bond motifs is 3. The highest BCUT2D eigenvalue weighted by Gasteiger charge is 2.49. The number of pyridine rings is 1. The average molecular weight is 1040 g/mol. The van der Waals surface area contributed by atoms with Crippen molar-refractivity contribution in [3.63, 3.8) is 0 Å². The number of hydrogen-bond acceptors (Lipinski definition) is 13. The van der Waals surface area contributed by atoms with Crippen molar-refractivity contribution in [1.29, 1.82) is 0 Å². The highest BCUT2D eigenvalue weighted by molar-refractivity contribution is 6.04. The van der Waals surface area contributed by atoms with Crippen LogP contribution in [0.15, 0.2) is 48.7 Å². The van der Waals surface area contributed by atoms with E-state index in [1.165, 1.54) is 48.9 Å². The molecule has 1 unspecified atom stereocenters. The van der Waals surface area contributed by atoms with Crippen molar-refractivity contribution in [1.82, 2.24) is 44.7 Å². The van der Waals surface area contributed by atoms with Gasteiger partial charge in [0.05, 0.1) is 40.2 Å². The van der Waals surface area contributed by atoms with Crippen LogP contribution in [0.25, 0.3) is 43.8 Å². The molecule has 1 spiro atoms. The molecular weight excluding hydrogens is 971 g/mol. The van der Waals surface area contributed by atoms with Crippen molar-refractivity contribution in [2.45, 2.75) is 114 Å². The number of nitrogens with zero attached hydrogens (tertiary/aromatic N) is 9. The van der Waals surface area contributed by atoms with Gasteiger partial charge in [-0.15, -0.1) is 6.42 Å². The maximum absolute atomic E-state index is 17.1. The Labute approximate surface area is 439 Å². The Hall–Kier alpha value is -6.81. The summed E-state index contributed by atoms with van der Waals surface area (Å²) in [6.45, 7) is 7.87. The Morgan fingerprint density at radius 2 is 1.71 bits per heavy atom. The molecule has 5 saturated heterocycles. The molecule has 12 rings (SSSR count). The number of nitrogens with one attached hydrogen (secondary N) is 1. The van der Waals surface area contributed by atoms with Crippen LogP contribution < -0.4 is 15.0 Å². The molecule has 3 aromatic heterocycles. The molecule has 3 aromatic carbocycles. The lowest BCUT2D eigenvalue weighted by Crippen LogP contribution is -2.57. The normalized spacial score (nSPS) is 23.3. The number of aromatic hydroxyl groups is 1. The molecule has 5 aliphatic heterocycles. The Morgan fingerprint density at radius 1 is 0.934 bits per heavy atom. The van der Waals surface area contributed by atoms with Crippen molar-refractivity contribution in [3.05, 3.63) is 77.1 Å². The maximum Gasteiger partial charge on any atom is 0.319 e. The number of hydrogen-bond donors (Lipinski definition) is 3. The third kappa shape index (κ3) is 9.38. The largest absolute Gasteiger partial charge is 0.508 e. The summed E-state index contributed by atoms with van der Waals surface area (Å²) in [7, 11) is 1.93. The van der Waals surface area contributed by atoms with E-state index in [9.17, 15) is 24.6 Å². The number of phenolic OH excluding ortho intramolecular Hbond substituents is 1. The number of aliphatic hydroxyl groups is 1. The van der Waals surface area contributed by atoms with E-state index >= 15 is 8.78 Å². The van der Waals surface area contributed by atoms with Gasteiger partial charge in [-0.25, -0.2) is 8.78 Å². The summed E-state index contributed by atoms with van der Waals surface area (Å²) in [5, 5.41) is 30.9. The molecule has 6 fully saturated rings. The number of piperidine rings is 5. The number of phenols is 1. The first-order chi connectivity index (χ1) is 36.6. The van der Waals surface area contributed by atoms with Gasteiger partial charge in [-0.2, -0.15) is 15.1 Å². The SMILES string of the molecule is C#Cc1c(F)ccc2cc(O)cc(-c3ncc4c(N5CCC[C@@](C)(O)C5)nc(OC5CCN(CC(=O)N6CCC7(CC6)CC(N6CCC(c8ccc9c(C%10CCC(=O)NC%10=O)nn(C)c9c8)CC6)C7)CC5)nc4c3F)c12. The number of carbonyl (C=O) groups excluding carboxylic acids is 3. The predicted molar refractivity (Wildman–Crippen MR) is 283 cm³/mol. The highest BCUT2D eigenvalue weighted by Crippen LogP contribution is 2.52. The molecule has 1 saturated carbocycles. The van der Waals surface area contributed by atoms with Gasteiger partial charge in [-0.3, -0.25) is 34.3 Å². The van der Waals surface area contributed by atoms with E-state index < -0.39 is 23.2 Å². The summed E-state index contributed by atoms with van der Waals surface area (Å²) in [5.41, 5.74) is 2.17. The number of ether oxygens (including phenoxy) is 1. The minimum Gasteiger partial charge on any atom is -0.508 e. The number of β-amino-alcohol motifs (C(OH)–C–C–N with tert-alkyl or cyclic N) is 1. The van der Waals surface area contributed by atoms with Crippen molar-refractivity contribution < 1.29 is 38.1 Å². The number of amides is 3. The van der Waals surface area contributed by atoms with Crippen LogP contribution in [0, 0.1) is 29.4 Å². The van der Waals surface area contributed by atoms with Crippen LogP contribution >= 0.6 is 0 Å². The minimum absolute atomic E-state index is 0.0250. The summed E-state index contributed by atoms with van der Waals surface area (Å²) in [5.74, 6) is 0.829. The van der Waals surface area contributed by atoms with Crippen LogP contribution in [-0.4, -0.2) is 144 Å². The molecule has 1 aliphatic carbocycles. The first kappa shape index (κ1) is 50.0. The lowest BCUT2D eigenvalue weighted by molar-refractivity contribution is -0.138. The molecule has 3 amide bonds. The third-order valence-electron chi connectivity index (χ3n) is 17.7. The van der Waals surface area contributed by atoms with E-state index in [1.54, 1.807) is 6.92 Å². The zero-order valence-corrected chi connectivity index (χ0v) is 43.2. The molecule has 76 heavy (non-hydrogen) atoms. The van der Waals surface area contributed by atoms with Crippen molar-refractivity contribution in [2.75, 3.05) is 63.8 Å². The topological polar surface area (TPSA) is 182 Å². The Kier molecular flexibility index (Phi) is 12.9. The van der Waals surface area contributed by atoms with Crippen LogP contribution in [0.4, 0.5) is 14.6 Å². The van der Waals surface area contributed by atoms with Gasteiger partial charge in [-0.1, -0.05) is 24.1 Å². The molecule has 18 heteroatoms. The van der Waals surface area contributed by atoms with E-state index in [-0.39, 0.29) is 69.9 Å². The Balaban J connectivity index is 0.645. The number of anilines is 1. The zero-order chi connectivity index (χ0) is 52.6. The van der Waals surface area contributed by atoms with E-state index in [4.69, 9.17) is 21.2 Å². The lowest BCUT2D eigenvalue weighted by atomic mass is 9.59. The Morgan fingerprint density at radius 3 is 2.45 bits per heavy atom. The fraction of sp³-hybridized carbons (Fsp3) is 0.500. The molecule has 8 heterocycles. The first-order valence-corrected chi connectivity index (χ1v) is 27.1. The molecule has 6 aromatic rings. The van der Waals surface area contributed by atoms with Crippen LogP contribution in [0.5, 0.6) is 11.8 Å². The molecule has 2 atom stereocenters. The average Bonchev–Trinajstić information content (AvgIpc) is 3.77. The standard InChI is InChI=1S/C58H64F2N10O6/c1-4-40-45(59)10-7-36-26-38(71)28-43(49(36)40)52-50(60)53-44(31-61-52)54(70-19-5-16-57(2,75)33-70)64-56(63-53)76-39-14-20-67(21-15-39)32-48(73)69-24-17-58(18-25-69)29-37(30-58)68-22-12-34(13-23-68)35-6-8-41-46(27-35)66(3)65-51(41)42-9-11-47(72)62-55(42)74/h1,6-8,10,26-28,31,34,37,39,42,71,75H,5,9,11-25,29-30,32-33H2,2-3H3,(H,62,72,74)/t42?,57-/m1/s1. The van der Waals surface area contributed by atoms with E-state index in [0.717, 1.165) is 68.5 Å².